The summed E-state index contributed by atoms with van der Waals surface area (Å²) in [5.41, 5.74) is -1.78. The Labute approximate surface area is 262 Å². The van der Waals surface area contributed by atoms with Gasteiger partial charge < -0.3 is 24.4 Å². The van der Waals surface area contributed by atoms with Crippen molar-refractivity contribution in [3.8, 4) is 5.75 Å². The number of carbonyl (C=O) groups is 1. The predicted molar refractivity (Wildman–Crippen MR) is 161 cm³/mol. The fourth-order valence-corrected chi connectivity index (χ4v) is 6.80. The molecular weight excluding hydrogens is 627 g/mol. The monoisotopic (exact) mass is 657 g/mol. The second kappa shape index (κ2) is 13.2. The molecule has 2 aliphatic heterocycles. The van der Waals surface area contributed by atoms with Crippen LogP contribution in [0, 0.1) is 0 Å². The van der Waals surface area contributed by atoms with Crippen molar-refractivity contribution in [2.75, 3.05) is 38.4 Å². The Morgan fingerprint density at radius 2 is 2.00 bits per heavy atom. The fraction of sp³-hybridized carbons (Fsp3) is 0.355. The van der Waals surface area contributed by atoms with Crippen LogP contribution in [0.2, 0.25) is 0 Å². The Morgan fingerprint density at radius 3 is 2.80 bits per heavy atom. The number of aromatic nitrogens is 3. The quantitative estimate of drug-likeness (QED) is 0.255. The van der Waals surface area contributed by atoms with Crippen molar-refractivity contribution in [2.24, 2.45) is 0 Å². The van der Waals surface area contributed by atoms with Crippen molar-refractivity contribution in [1.29, 1.82) is 0 Å². The minimum Gasteiger partial charge on any atom is -0.490 e. The highest BCUT2D eigenvalue weighted by Crippen LogP contribution is 2.35. The standard InChI is InChI=1S/C31H30F3N5O6S/c1-43-7-8-45-22-9-18-3-2-6-39(30(18)36-15-22)28-5-4-19-13-35-21(12-25(19)38-28)14-37-31(40)20-10-23(29(33)34)24-16-44-17-27(32)46(41,42)26(24)11-20/h4-5,9-13,15,27,29H,2-3,6-8,14,16-17H2,1H3,(H,37,40)/t27-/m1/s1. The molecule has 4 aromatic rings. The molecule has 2 aliphatic rings. The molecule has 0 fully saturated rings. The van der Waals surface area contributed by atoms with E-state index in [1.165, 1.54) is 0 Å². The number of amides is 1. The summed E-state index contributed by atoms with van der Waals surface area (Å²) < 4.78 is 83.2. The molecule has 46 heavy (non-hydrogen) atoms. The Bertz CT molecular complexity index is 1890. The number of halogens is 3. The normalized spacial score (nSPS) is 17.3. The fourth-order valence-electron chi connectivity index (χ4n) is 5.44. The van der Waals surface area contributed by atoms with E-state index >= 15 is 0 Å². The maximum atomic E-state index is 14.3. The largest absolute Gasteiger partial charge is 0.490 e. The zero-order valence-electron chi connectivity index (χ0n) is 24.7. The molecule has 1 aromatic carbocycles. The topological polar surface area (TPSA) is 133 Å². The zero-order chi connectivity index (χ0) is 32.4. The van der Waals surface area contributed by atoms with E-state index in [9.17, 15) is 26.4 Å². The van der Waals surface area contributed by atoms with E-state index in [0.717, 1.165) is 41.7 Å². The van der Waals surface area contributed by atoms with Crippen LogP contribution in [-0.4, -0.2) is 68.3 Å². The van der Waals surface area contributed by atoms with Gasteiger partial charge in [-0.05, 0) is 54.8 Å². The number of nitrogens with one attached hydrogen (secondary N) is 1. The van der Waals surface area contributed by atoms with Crippen LogP contribution >= 0.6 is 0 Å². The average molecular weight is 658 g/mol. The first-order valence-electron chi connectivity index (χ1n) is 14.5. The first-order valence-corrected chi connectivity index (χ1v) is 16.0. The molecule has 1 N–H and O–H groups in total. The summed E-state index contributed by atoms with van der Waals surface area (Å²) in [5, 5.41) is 3.34. The van der Waals surface area contributed by atoms with Gasteiger partial charge in [0.2, 0.25) is 15.3 Å². The van der Waals surface area contributed by atoms with E-state index in [-0.39, 0.29) is 17.7 Å². The molecular formula is C31H30F3N5O6S. The molecule has 0 saturated heterocycles. The Kier molecular flexibility index (Phi) is 9.06. The first-order chi connectivity index (χ1) is 22.2. The summed E-state index contributed by atoms with van der Waals surface area (Å²) in [6.45, 7) is 0.183. The SMILES string of the molecule is COCCOc1cnc2c(c1)CCCN2c1ccc2cnc(CNC(=O)c3cc(C(F)F)c4c(c3)S(=O)(=O)[C@@H](F)COC4)cc2n1. The van der Waals surface area contributed by atoms with E-state index in [1.807, 2.05) is 23.1 Å². The van der Waals surface area contributed by atoms with Gasteiger partial charge in [-0.25, -0.2) is 31.6 Å². The van der Waals surface area contributed by atoms with Crippen LogP contribution in [0.4, 0.5) is 24.8 Å². The number of methoxy groups -OCH3 is 1. The van der Waals surface area contributed by atoms with Crippen LogP contribution in [0.15, 0.2) is 53.7 Å². The summed E-state index contributed by atoms with van der Waals surface area (Å²) in [7, 11) is -3.04. The number of carbonyl (C=O) groups excluding carboxylic acids is 1. The van der Waals surface area contributed by atoms with Crippen molar-refractivity contribution in [1.82, 2.24) is 20.3 Å². The Morgan fingerprint density at radius 1 is 1.15 bits per heavy atom. The zero-order valence-corrected chi connectivity index (χ0v) is 25.5. The van der Waals surface area contributed by atoms with Gasteiger partial charge in [0.05, 0.1) is 48.7 Å². The smallest absolute Gasteiger partial charge is 0.264 e. The molecule has 0 bridgehead atoms. The maximum Gasteiger partial charge on any atom is 0.264 e. The molecule has 1 amide bonds. The molecule has 11 nitrogen and oxygen atoms in total. The van der Waals surface area contributed by atoms with Crippen LogP contribution < -0.4 is 15.0 Å². The average Bonchev–Trinajstić information content (AvgIpc) is 3.17. The lowest BCUT2D eigenvalue weighted by Crippen LogP contribution is -2.26. The number of pyridine rings is 3. The molecule has 0 aliphatic carbocycles. The van der Waals surface area contributed by atoms with Crippen molar-refractivity contribution < 1.29 is 40.6 Å². The summed E-state index contributed by atoms with van der Waals surface area (Å²) in [4.78, 5) is 28.2. The highest BCUT2D eigenvalue weighted by atomic mass is 32.2. The van der Waals surface area contributed by atoms with E-state index in [0.29, 0.717) is 42.5 Å². The lowest BCUT2D eigenvalue weighted by Gasteiger charge is -2.29. The highest BCUT2D eigenvalue weighted by Gasteiger charge is 2.36. The van der Waals surface area contributed by atoms with Crippen molar-refractivity contribution >= 4 is 38.3 Å². The number of ether oxygens (including phenoxy) is 3. The summed E-state index contributed by atoms with van der Waals surface area (Å²) in [6, 6.07) is 9.24. The van der Waals surface area contributed by atoms with Crippen molar-refractivity contribution in [3.63, 3.8) is 0 Å². The van der Waals surface area contributed by atoms with E-state index in [1.54, 1.807) is 25.6 Å². The molecule has 3 aromatic heterocycles. The summed E-state index contributed by atoms with van der Waals surface area (Å²) in [5.74, 6) is 1.30. The van der Waals surface area contributed by atoms with E-state index in [2.05, 4.69) is 15.3 Å². The van der Waals surface area contributed by atoms with E-state index in [4.69, 9.17) is 19.2 Å². The third kappa shape index (κ3) is 6.34. The van der Waals surface area contributed by atoms with Gasteiger partial charge in [0.15, 0.2) is 0 Å². The third-order valence-electron chi connectivity index (χ3n) is 7.76. The number of aryl methyl sites for hydroxylation is 1. The Balaban J connectivity index is 1.22. The number of benzene rings is 1. The number of fused-ring (bicyclic) bond motifs is 3. The molecule has 6 rings (SSSR count). The minimum absolute atomic E-state index is 0.108. The van der Waals surface area contributed by atoms with Crippen LogP contribution in [0.5, 0.6) is 5.75 Å². The minimum atomic E-state index is -4.64. The summed E-state index contributed by atoms with van der Waals surface area (Å²) in [6.07, 6.45) is 1.90. The van der Waals surface area contributed by atoms with Crippen molar-refractivity contribution in [3.05, 3.63) is 76.7 Å². The molecule has 5 heterocycles. The number of nitrogens with zero attached hydrogens (tertiary/aromatic N) is 4. The number of sulfone groups is 1. The molecule has 242 valence electrons. The number of hydrogen-bond donors (Lipinski definition) is 1. The lowest BCUT2D eigenvalue weighted by molar-refractivity contribution is 0.0914. The summed E-state index contributed by atoms with van der Waals surface area (Å²) >= 11 is 0. The van der Waals surface area contributed by atoms with E-state index < -0.39 is 51.3 Å². The second-order valence-corrected chi connectivity index (χ2v) is 12.8. The van der Waals surface area contributed by atoms with Gasteiger partial charge in [0, 0.05) is 41.9 Å². The first kappa shape index (κ1) is 31.6. The van der Waals surface area contributed by atoms with Gasteiger partial charge in [-0.15, -0.1) is 0 Å². The van der Waals surface area contributed by atoms with Gasteiger partial charge in [-0.3, -0.25) is 9.78 Å². The number of anilines is 2. The second-order valence-electron chi connectivity index (χ2n) is 10.8. The highest BCUT2D eigenvalue weighted by molar-refractivity contribution is 7.92. The number of hydrogen-bond acceptors (Lipinski definition) is 10. The van der Waals surface area contributed by atoms with Gasteiger partial charge in [0.1, 0.15) is 24.0 Å². The van der Waals surface area contributed by atoms with Crippen LogP contribution in [0.1, 0.15) is 45.6 Å². The third-order valence-corrected chi connectivity index (χ3v) is 9.55. The maximum absolute atomic E-state index is 14.3. The molecule has 0 unspecified atom stereocenters. The number of rotatable bonds is 9. The molecule has 15 heteroatoms. The number of alkyl halides is 3. The lowest BCUT2D eigenvalue weighted by atomic mass is 10.0. The van der Waals surface area contributed by atoms with Gasteiger partial charge in [-0.2, -0.15) is 0 Å². The molecule has 0 spiro atoms. The predicted octanol–water partition coefficient (Wildman–Crippen LogP) is 4.60. The van der Waals surface area contributed by atoms with Crippen LogP contribution in [0.25, 0.3) is 10.9 Å². The van der Waals surface area contributed by atoms with Crippen molar-refractivity contribution in [2.45, 2.75) is 42.8 Å². The molecule has 0 saturated carbocycles. The molecule has 1 atom stereocenters. The molecule has 0 radical (unpaired) electrons. The van der Waals surface area contributed by atoms with Crippen LogP contribution in [-0.2, 0) is 38.9 Å². The van der Waals surface area contributed by atoms with Gasteiger partial charge in [0.25, 0.3) is 12.3 Å². The van der Waals surface area contributed by atoms with Gasteiger partial charge >= 0.3 is 0 Å². The van der Waals surface area contributed by atoms with Crippen LogP contribution in [0.3, 0.4) is 0 Å². The Hall–Kier alpha value is -4.34. The van der Waals surface area contributed by atoms with Gasteiger partial charge in [-0.1, -0.05) is 0 Å².